The van der Waals surface area contributed by atoms with Crippen LogP contribution in [-0.4, -0.2) is 50.1 Å². The number of morpholine rings is 1. The number of hydrogen-bond donors (Lipinski definition) is 3. The lowest BCUT2D eigenvalue weighted by atomic mass is 9.91. The van der Waals surface area contributed by atoms with Gasteiger partial charge in [-0.25, -0.2) is 4.39 Å². The van der Waals surface area contributed by atoms with E-state index in [0.717, 1.165) is 34.7 Å². The number of carbonyl (C=O) groups is 1. The summed E-state index contributed by atoms with van der Waals surface area (Å²) in [5.74, 6) is -0.408. The molecule has 7 nitrogen and oxygen atoms in total. The fourth-order valence-corrected chi connectivity index (χ4v) is 5.29. The Bertz CT molecular complexity index is 1500. The molecule has 1 fully saturated rings. The van der Waals surface area contributed by atoms with Crippen LogP contribution in [0.25, 0.3) is 5.57 Å². The van der Waals surface area contributed by atoms with E-state index >= 15 is 0 Å². The summed E-state index contributed by atoms with van der Waals surface area (Å²) >= 11 is 6.55. The number of benzene rings is 2. The van der Waals surface area contributed by atoms with Gasteiger partial charge in [0.05, 0.1) is 36.3 Å². The van der Waals surface area contributed by atoms with Crippen molar-refractivity contribution < 1.29 is 18.7 Å². The van der Waals surface area contributed by atoms with E-state index in [1.54, 1.807) is 30.5 Å². The molecular formula is C32H32ClFN4O3. The summed E-state index contributed by atoms with van der Waals surface area (Å²) in [6.07, 6.45) is 11.5. The Kier molecular flexibility index (Phi) is 9.24. The third kappa shape index (κ3) is 7.08. The van der Waals surface area contributed by atoms with Gasteiger partial charge in [0, 0.05) is 55.5 Å². The molecule has 2 heterocycles. The van der Waals surface area contributed by atoms with Gasteiger partial charge in [-0.1, -0.05) is 42.0 Å². The summed E-state index contributed by atoms with van der Waals surface area (Å²) in [5, 5.41) is 15.2. The lowest BCUT2D eigenvalue weighted by Gasteiger charge is -2.23. The van der Waals surface area contributed by atoms with E-state index in [0.29, 0.717) is 54.4 Å². The molecule has 1 aliphatic carbocycles. The summed E-state index contributed by atoms with van der Waals surface area (Å²) in [6.45, 7) is 2.10. The molecule has 0 spiro atoms. The van der Waals surface area contributed by atoms with E-state index in [2.05, 4.69) is 16.7 Å². The maximum atomic E-state index is 14.3. The second-order valence-electron chi connectivity index (χ2n) is 10.1. The minimum absolute atomic E-state index is 0.00155. The summed E-state index contributed by atoms with van der Waals surface area (Å²) in [6, 6.07) is 10.1. The number of carbonyl (C=O) groups excluding carboxylic acids is 1. The van der Waals surface area contributed by atoms with Gasteiger partial charge in [0.2, 0.25) is 0 Å². The molecule has 5 rings (SSSR count). The van der Waals surface area contributed by atoms with Crippen LogP contribution in [0.4, 0.5) is 10.1 Å². The maximum Gasteiger partial charge on any atom is 0.169 e. The first-order chi connectivity index (χ1) is 19.9. The second-order valence-corrected chi connectivity index (χ2v) is 10.5. The molecule has 1 unspecified atom stereocenters. The van der Waals surface area contributed by atoms with Crippen LogP contribution in [-0.2, 0) is 4.74 Å². The maximum absolute atomic E-state index is 14.3. The standard InChI is InChI=1S/C32H32ClFN4O3/c1-40-31-10-7-20(14-28(31)34)22-13-21-5-3-2-4-6-29(32(21)37-18-22)38-24-8-9-26(27(33)17-24)30(39)16-23(35)15-25-19-36-11-12-41-25/h2-3,5-10,14,17-18,25,35-36,38H,4,11-13,15-16,19H2,1H3/b3-2-,21-5-,29-6-,35-23?. The Labute approximate surface area is 244 Å². The Morgan fingerprint density at radius 2 is 2.15 bits per heavy atom. The highest BCUT2D eigenvalue weighted by atomic mass is 35.5. The number of nitrogens with one attached hydrogen (secondary N) is 3. The Morgan fingerprint density at radius 3 is 2.90 bits per heavy atom. The number of ether oxygens (including phenoxy) is 2. The largest absolute Gasteiger partial charge is 0.494 e. The second kappa shape index (κ2) is 13.2. The molecule has 0 radical (unpaired) electrons. The number of hydrogen-bond acceptors (Lipinski definition) is 7. The molecule has 3 aliphatic rings. The number of Topliss-reactive ketones (excluding diaryl/α,β-unsaturated/α-hetero) is 1. The van der Waals surface area contributed by atoms with Crippen LogP contribution in [0, 0.1) is 11.2 Å². The first-order valence-corrected chi connectivity index (χ1v) is 13.9. The van der Waals surface area contributed by atoms with Crippen molar-refractivity contribution in [1.29, 1.82) is 5.41 Å². The van der Waals surface area contributed by atoms with Crippen molar-refractivity contribution in [1.82, 2.24) is 5.32 Å². The summed E-state index contributed by atoms with van der Waals surface area (Å²) in [5.41, 5.74) is 5.67. The number of rotatable bonds is 9. The predicted octanol–water partition coefficient (Wildman–Crippen LogP) is 6.53. The third-order valence-corrected chi connectivity index (χ3v) is 7.42. The lowest BCUT2D eigenvalue weighted by molar-refractivity contribution is 0.0332. The van der Waals surface area contributed by atoms with Crippen LogP contribution in [0.3, 0.4) is 0 Å². The molecule has 1 saturated heterocycles. The highest BCUT2D eigenvalue weighted by Gasteiger charge is 2.22. The van der Waals surface area contributed by atoms with Gasteiger partial charge in [0.25, 0.3) is 0 Å². The summed E-state index contributed by atoms with van der Waals surface area (Å²) < 4.78 is 25.0. The van der Waals surface area contributed by atoms with Crippen molar-refractivity contribution in [3.05, 3.63) is 100 Å². The number of methoxy groups -OCH3 is 1. The average molecular weight is 575 g/mol. The minimum Gasteiger partial charge on any atom is -0.494 e. The normalized spacial score (nSPS) is 21.9. The molecule has 41 heavy (non-hydrogen) atoms. The summed E-state index contributed by atoms with van der Waals surface area (Å²) in [7, 11) is 1.44. The number of nitrogens with zero attached hydrogens (tertiary/aromatic N) is 1. The first kappa shape index (κ1) is 28.7. The van der Waals surface area contributed by atoms with Crippen LogP contribution < -0.4 is 15.4 Å². The van der Waals surface area contributed by atoms with E-state index in [1.165, 1.54) is 13.2 Å². The number of fused-ring (bicyclic) bond motifs is 1. The quantitative estimate of drug-likeness (QED) is 0.234. The van der Waals surface area contributed by atoms with Crippen molar-refractivity contribution in [2.24, 2.45) is 4.99 Å². The van der Waals surface area contributed by atoms with Crippen molar-refractivity contribution in [2.75, 3.05) is 32.1 Å². The highest BCUT2D eigenvalue weighted by Crippen LogP contribution is 2.33. The van der Waals surface area contributed by atoms with Crippen LogP contribution in [0.2, 0.25) is 5.02 Å². The molecule has 2 aromatic rings. The predicted molar refractivity (Wildman–Crippen MR) is 162 cm³/mol. The Hall–Kier alpha value is -3.85. The van der Waals surface area contributed by atoms with E-state index in [9.17, 15) is 9.18 Å². The molecular weight excluding hydrogens is 543 g/mol. The van der Waals surface area contributed by atoms with Gasteiger partial charge in [0.1, 0.15) is 0 Å². The molecule has 1 atom stereocenters. The Morgan fingerprint density at radius 1 is 1.27 bits per heavy atom. The zero-order valence-corrected chi connectivity index (χ0v) is 23.6. The number of aliphatic imine (C=N–C) groups is 1. The zero-order chi connectivity index (χ0) is 28.8. The number of anilines is 1. The fourth-order valence-electron chi connectivity index (χ4n) is 5.00. The molecule has 2 aromatic carbocycles. The van der Waals surface area contributed by atoms with Crippen molar-refractivity contribution in [3.63, 3.8) is 0 Å². The molecule has 0 saturated carbocycles. The molecule has 212 valence electrons. The van der Waals surface area contributed by atoms with Crippen LogP contribution in [0.5, 0.6) is 5.75 Å². The van der Waals surface area contributed by atoms with Gasteiger partial charge < -0.3 is 25.5 Å². The number of ketones is 1. The van der Waals surface area contributed by atoms with Crippen LogP contribution >= 0.6 is 11.6 Å². The van der Waals surface area contributed by atoms with Gasteiger partial charge in [-0.05, 0) is 53.5 Å². The van der Waals surface area contributed by atoms with Crippen molar-refractivity contribution in [3.8, 4) is 5.75 Å². The topological polar surface area (TPSA) is 95.8 Å². The molecule has 0 amide bonds. The van der Waals surface area contributed by atoms with Crippen molar-refractivity contribution in [2.45, 2.75) is 31.8 Å². The van der Waals surface area contributed by atoms with Crippen LogP contribution in [0.15, 0.2) is 83.2 Å². The fraction of sp³-hybridized carbons (Fsp3) is 0.281. The van der Waals surface area contributed by atoms with E-state index in [-0.39, 0.29) is 24.1 Å². The third-order valence-electron chi connectivity index (χ3n) is 7.10. The summed E-state index contributed by atoms with van der Waals surface area (Å²) in [4.78, 5) is 17.7. The monoisotopic (exact) mass is 574 g/mol. The van der Waals surface area contributed by atoms with Crippen molar-refractivity contribution >= 4 is 40.1 Å². The van der Waals surface area contributed by atoms with Gasteiger partial charge in [-0.2, -0.15) is 0 Å². The van der Waals surface area contributed by atoms with E-state index in [1.807, 2.05) is 24.3 Å². The van der Waals surface area contributed by atoms with E-state index in [4.69, 9.17) is 31.5 Å². The molecule has 3 N–H and O–H groups in total. The number of halogens is 2. The van der Waals surface area contributed by atoms with Gasteiger partial charge in [-0.3, -0.25) is 9.79 Å². The zero-order valence-electron chi connectivity index (χ0n) is 22.8. The smallest absolute Gasteiger partial charge is 0.169 e. The van der Waals surface area contributed by atoms with Gasteiger partial charge in [-0.15, -0.1) is 0 Å². The average Bonchev–Trinajstić information content (AvgIpc) is 2.95. The highest BCUT2D eigenvalue weighted by molar-refractivity contribution is 6.34. The van der Waals surface area contributed by atoms with Crippen LogP contribution in [0.1, 0.15) is 41.6 Å². The number of allylic oxidation sites excluding steroid dienone is 6. The van der Waals surface area contributed by atoms with Gasteiger partial charge in [0.15, 0.2) is 17.3 Å². The first-order valence-electron chi connectivity index (χ1n) is 13.6. The van der Waals surface area contributed by atoms with E-state index < -0.39 is 5.82 Å². The Balaban J connectivity index is 1.30. The molecule has 2 aliphatic heterocycles. The lowest BCUT2D eigenvalue weighted by Crippen LogP contribution is -2.39. The molecule has 0 bridgehead atoms. The molecule has 9 heteroatoms. The SMILES string of the molecule is COc1ccc(C2=CN=C3/C(=C\C=C/C/C=C/3Nc3ccc(C(=O)CC(=N)CC4CNCCO4)c(Cl)c3)C2)cc1F. The van der Waals surface area contributed by atoms with Gasteiger partial charge >= 0.3 is 0 Å². The minimum atomic E-state index is -0.416. The molecule has 0 aromatic heterocycles.